The quantitative estimate of drug-likeness (QED) is 0.724. The Hall–Kier alpha value is -2.10. The van der Waals surface area contributed by atoms with Crippen LogP contribution in [-0.2, 0) is 0 Å². The van der Waals surface area contributed by atoms with Gasteiger partial charge in [0.05, 0.1) is 11.6 Å². The molecule has 0 saturated heterocycles. The minimum atomic E-state index is -0.203. The van der Waals surface area contributed by atoms with E-state index in [0.29, 0.717) is 10.6 Å². The highest BCUT2D eigenvalue weighted by atomic mass is 35.5. The monoisotopic (exact) mass is 327 g/mol. The summed E-state index contributed by atoms with van der Waals surface area (Å²) in [5.74, 6) is -0.0787. The van der Waals surface area contributed by atoms with E-state index in [1.165, 1.54) is 11.3 Å². The lowest BCUT2D eigenvalue weighted by Crippen LogP contribution is -2.29. The van der Waals surface area contributed by atoms with Gasteiger partial charge in [-0.25, -0.2) is 0 Å². The number of benzene rings is 2. The van der Waals surface area contributed by atoms with E-state index in [9.17, 15) is 4.79 Å². The molecule has 2 aromatic carbocycles. The summed E-state index contributed by atoms with van der Waals surface area (Å²) in [5, 5.41) is 7.52. The first-order valence-corrected chi connectivity index (χ1v) is 8.19. The van der Waals surface area contributed by atoms with Crippen LogP contribution in [0.4, 0.5) is 0 Å². The Labute approximate surface area is 138 Å². The zero-order valence-electron chi connectivity index (χ0n) is 11.7. The number of thiophene rings is 1. The third kappa shape index (κ3) is 3.38. The van der Waals surface area contributed by atoms with Crippen molar-refractivity contribution in [2.45, 2.75) is 6.04 Å². The number of carbonyl (C=O) groups is 1. The Morgan fingerprint density at radius 1 is 0.955 bits per heavy atom. The second-order valence-electron chi connectivity index (χ2n) is 4.88. The fourth-order valence-electron chi connectivity index (χ4n) is 2.27. The van der Waals surface area contributed by atoms with Crippen LogP contribution in [0.3, 0.4) is 0 Å². The van der Waals surface area contributed by atoms with Crippen molar-refractivity contribution in [2.24, 2.45) is 0 Å². The zero-order chi connectivity index (χ0) is 15.4. The third-order valence-electron chi connectivity index (χ3n) is 3.40. The number of amides is 1. The second kappa shape index (κ2) is 6.77. The Morgan fingerprint density at radius 2 is 1.64 bits per heavy atom. The Bertz CT molecular complexity index is 739. The molecule has 1 amide bonds. The number of carbonyl (C=O) groups excluding carboxylic acids is 1. The van der Waals surface area contributed by atoms with Gasteiger partial charge in [0.15, 0.2) is 0 Å². The van der Waals surface area contributed by atoms with Crippen molar-refractivity contribution < 1.29 is 4.79 Å². The first-order chi connectivity index (χ1) is 10.7. The van der Waals surface area contributed by atoms with Gasteiger partial charge in [0.1, 0.15) is 0 Å². The van der Waals surface area contributed by atoms with Crippen molar-refractivity contribution in [1.29, 1.82) is 0 Å². The van der Waals surface area contributed by atoms with Gasteiger partial charge in [0.25, 0.3) is 5.91 Å². The van der Waals surface area contributed by atoms with Gasteiger partial charge in [0.2, 0.25) is 0 Å². The van der Waals surface area contributed by atoms with Gasteiger partial charge < -0.3 is 5.32 Å². The molecule has 1 aromatic heterocycles. The standard InChI is InChI=1S/C18H14ClNOS/c19-16-8-6-14(7-9-16)17(13-4-2-1-3-5-13)20-18(21)15-10-11-22-12-15/h1-12,17H,(H,20,21)/t17-/m1/s1. The molecular weight excluding hydrogens is 314 g/mol. The average molecular weight is 328 g/mol. The highest BCUT2D eigenvalue weighted by molar-refractivity contribution is 7.08. The Morgan fingerprint density at radius 3 is 2.27 bits per heavy atom. The summed E-state index contributed by atoms with van der Waals surface area (Å²) in [5.41, 5.74) is 2.72. The summed E-state index contributed by atoms with van der Waals surface area (Å²) in [6, 6.07) is 19.1. The van der Waals surface area contributed by atoms with Crippen LogP contribution in [0.1, 0.15) is 27.5 Å². The minimum absolute atomic E-state index is 0.0787. The first kappa shape index (κ1) is 14.8. The maximum absolute atomic E-state index is 12.4. The predicted molar refractivity (Wildman–Crippen MR) is 91.5 cm³/mol. The number of rotatable bonds is 4. The molecule has 0 aliphatic carbocycles. The average Bonchev–Trinajstić information content (AvgIpc) is 3.09. The lowest BCUT2D eigenvalue weighted by Gasteiger charge is -2.19. The van der Waals surface area contributed by atoms with E-state index in [2.05, 4.69) is 5.32 Å². The smallest absolute Gasteiger partial charge is 0.252 e. The van der Waals surface area contributed by atoms with Crippen LogP contribution in [0.15, 0.2) is 71.4 Å². The van der Waals surface area contributed by atoms with E-state index in [1.807, 2.05) is 71.4 Å². The largest absolute Gasteiger partial charge is 0.341 e. The number of hydrogen-bond acceptors (Lipinski definition) is 2. The lowest BCUT2D eigenvalue weighted by atomic mass is 9.98. The van der Waals surface area contributed by atoms with Crippen LogP contribution in [0.25, 0.3) is 0 Å². The molecule has 0 unspecified atom stereocenters. The molecular formula is C18H14ClNOS. The molecule has 4 heteroatoms. The summed E-state index contributed by atoms with van der Waals surface area (Å²) in [7, 11) is 0. The molecule has 3 aromatic rings. The lowest BCUT2D eigenvalue weighted by molar-refractivity contribution is 0.0943. The van der Waals surface area contributed by atoms with Gasteiger partial charge in [-0.15, -0.1) is 0 Å². The van der Waals surface area contributed by atoms with E-state index in [1.54, 1.807) is 0 Å². The first-order valence-electron chi connectivity index (χ1n) is 6.87. The Kier molecular flexibility index (Phi) is 4.56. The molecule has 3 rings (SSSR count). The fourth-order valence-corrected chi connectivity index (χ4v) is 3.03. The maximum atomic E-state index is 12.4. The number of halogens is 1. The van der Waals surface area contributed by atoms with E-state index in [4.69, 9.17) is 11.6 Å². The summed E-state index contributed by atoms with van der Waals surface area (Å²) in [4.78, 5) is 12.4. The normalized spacial score (nSPS) is 11.9. The molecule has 2 nitrogen and oxygen atoms in total. The highest BCUT2D eigenvalue weighted by Gasteiger charge is 2.17. The van der Waals surface area contributed by atoms with Crippen LogP contribution < -0.4 is 5.32 Å². The van der Waals surface area contributed by atoms with Crippen molar-refractivity contribution in [3.8, 4) is 0 Å². The van der Waals surface area contributed by atoms with Crippen LogP contribution >= 0.6 is 22.9 Å². The number of nitrogens with one attached hydrogen (secondary N) is 1. The highest BCUT2D eigenvalue weighted by Crippen LogP contribution is 2.24. The van der Waals surface area contributed by atoms with Crippen molar-refractivity contribution in [1.82, 2.24) is 5.32 Å². The Balaban J connectivity index is 1.93. The van der Waals surface area contributed by atoms with Gasteiger partial charge in [-0.3, -0.25) is 4.79 Å². The molecule has 1 atom stereocenters. The topological polar surface area (TPSA) is 29.1 Å². The summed E-state index contributed by atoms with van der Waals surface area (Å²) < 4.78 is 0. The van der Waals surface area contributed by atoms with Gasteiger partial charge in [0, 0.05) is 10.4 Å². The van der Waals surface area contributed by atoms with Crippen LogP contribution in [-0.4, -0.2) is 5.91 Å². The van der Waals surface area contributed by atoms with E-state index >= 15 is 0 Å². The minimum Gasteiger partial charge on any atom is -0.341 e. The van der Waals surface area contributed by atoms with Crippen molar-refractivity contribution in [3.63, 3.8) is 0 Å². The molecule has 1 N–H and O–H groups in total. The van der Waals surface area contributed by atoms with E-state index in [0.717, 1.165) is 11.1 Å². The second-order valence-corrected chi connectivity index (χ2v) is 6.10. The van der Waals surface area contributed by atoms with Crippen molar-refractivity contribution >= 4 is 28.8 Å². The maximum Gasteiger partial charge on any atom is 0.252 e. The molecule has 0 bridgehead atoms. The molecule has 1 heterocycles. The van der Waals surface area contributed by atoms with Crippen LogP contribution in [0, 0.1) is 0 Å². The van der Waals surface area contributed by atoms with E-state index < -0.39 is 0 Å². The van der Waals surface area contributed by atoms with Gasteiger partial charge in [-0.05, 0) is 34.7 Å². The SMILES string of the molecule is O=C(N[C@H](c1ccccc1)c1ccc(Cl)cc1)c1ccsc1. The summed E-state index contributed by atoms with van der Waals surface area (Å²) in [6.45, 7) is 0. The molecule has 0 aliphatic heterocycles. The van der Waals surface area contributed by atoms with Gasteiger partial charge in [-0.1, -0.05) is 54.1 Å². The molecule has 0 saturated carbocycles. The summed E-state index contributed by atoms with van der Waals surface area (Å²) >= 11 is 7.47. The molecule has 0 fully saturated rings. The third-order valence-corrected chi connectivity index (χ3v) is 4.33. The zero-order valence-corrected chi connectivity index (χ0v) is 13.3. The fraction of sp³-hybridized carbons (Fsp3) is 0.0556. The molecule has 22 heavy (non-hydrogen) atoms. The van der Waals surface area contributed by atoms with Crippen LogP contribution in [0.5, 0.6) is 0 Å². The van der Waals surface area contributed by atoms with Gasteiger partial charge >= 0.3 is 0 Å². The molecule has 110 valence electrons. The van der Waals surface area contributed by atoms with Crippen molar-refractivity contribution in [2.75, 3.05) is 0 Å². The molecule has 0 radical (unpaired) electrons. The summed E-state index contributed by atoms with van der Waals surface area (Å²) in [6.07, 6.45) is 0. The van der Waals surface area contributed by atoms with Crippen molar-refractivity contribution in [3.05, 3.63) is 93.1 Å². The molecule has 0 spiro atoms. The van der Waals surface area contributed by atoms with Crippen LogP contribution in [0.2, 0.25) is 5.02 Å². The predicted octanol–water partition coefficient (Wildman–Crippen LogP) is 4.92. The van der Waals surface area contributed by atoms with E-state index in [-0.39, 0.29) is 11.9 Å². The van der Waals surface area contributed by atoms with Gasteiger partial charge in [-0.2, -0.15) is 11.3 Å². The number of hydrogen-bond donors (Lipinski definition) is 1. The molecule has 0 aliphatic rings.